The lowest BCUT2D eigenvalue weighted by molar-refractivity contribution is 0.601. The lowest BCUT2D eigenvalue weighted by Gasteiger charge is -1.91. The van der Waals surface area contributed by atoms with E-state index in [9.17, 15) is 8.42 Å². The van der Waals surface area contributed by atoms with Crippen molar-refractivity contribution < 1.29 is 8.42 Å². The van der Waals surface area contributed by atoms with Crippen LogP contribution in [0, 0.1) is 0 Å². The van der Waals surface area contributed by atoms with Crippen LogP contribution in [0.1, 0.15) is 0 Å². The highest BCUT2D eigenvalue weighted by Gasteiger charge is 2.12. The fourth-order valence-corrected chi connectivity index (χ4v) is 1.12. The van der Waals surface area contributed by atoms with Crippen molar-refractivity contribution in [2.45, 2.75) is 5.16 Å². The van der Waals surface area contributed by atoms with Crippen LogP contribution in [-0.2, 0) is 9.05 Å². The van der Waals surface area contributed by atoms with Gasteiger partial charge in [0.05, 0.1) is 17.4 Å². The van der Waals surface area contributed by atoms with Gasteiger partial charge in [-0.1, -0.05) is 11.6 Å². The molecule has 0 aliphatic rings. The predicted octanol–water partition coefficient (Wildman–Crippen LogP) is 1.06. The van der Waals surface area contributed by atoms with Crippen LogP contribution in [0.15, 0.2) is 17.6 Å². The summed E-state index contributed by atoms with van der Waals surface area (Å²) in [4.78, 5) is 6.77. The maximum atomic E-state index is 10.5. The van der Waals surface area contributed by atoms with Crippen LogP contribution in [0.3, 0.4) is 0 Å². The Balaban J connectivity index is 3.20. The molecule has 1 heterocycles. The Morgan fingerprint density at radius 3 is 2.09 bits per heavy atom. The number of hydrogen-bond donors (Lipinski definition) is 0. The fourth-order valence-electron chi connectivity index (χ4n) is 0.426. The SMILES string of the molecule is O=S(=O)(Cl)c1ncc(Cl)cn1. The van der Waals surface area contributed by atoms with E-state index in [1.807, 2.05) is 0 Å². The molecule has 0 saturated heterocycles. The number of hydrogen-bond acceptors (Lipinski definition) is 4. The van der Waals surface area contributed by atoms with E-state index in [0.29, 0.717) is 0 Å². The number of aromatic nitrogens is 2. The molecule has 1 aromatic heterocycles. The van der Waals surface area contributed by atoms with E-state index in [2.05, 4.69) is 9.97 Å². The molecule has 0 N–H and O–H groups in total. The van der Waals surface area contributed by atoms with Crippen molar-refractivity contribution in [1.29, 1.82) is 0 Å². The zero-order valence-corrected chi connectivity index (χ0v) is 7.36. The van der Waals surface area contributed by atoms with Crippen LogP contribution < -0.4 is 0 Å². The quantitative estimate of drug-likeness (QED) is 0.516. The number of nitrogens with zero attached hydrogens (tertiary/aromatic N) is 2. The first kappa shape index (κ1) is 8.70. The van der Waals surface area contributed by atoms with Crippen molar-refractivity contribution in [3.63, 3.8) is 0 Å². The van der Waals surface area contributed by atoms with Gasteiger partial charge in [0.2, 0.25) is 0 Å². The first-order chi connectivity index (χ1) is 5.00. The van der Waals surface area contributed by atoms with Crippen LogP contribution in [0.4, 0.5) is 0 Å². The molecule has 4 nitrogen and oxygen atoms in total. The molecule has 1 rings (SSSR count). The summed E-state index contributed by atoms with van der Waals surface area (Å²) in [6.45, 7) is 0. The third-order valence-electron chi connectivity index (χ3n) is 0.815. The summed E-state index contributed by atoms with van der Waals surface area (Å²) in [6.07, 6.45) is 2.31. The molecule has 0 aliphatic heterocycles. The predicted molar refractivity (Wildman–Crippen MR) is 40.1 cm³/mol. The number of rotatable bonds is 1. The summed E-state index contributed by atoms with van der Waals surface area (Å²) < 4.78 is 21.1. The summed E-state index contributed by atoms with van der Waals surface area (Å²) in [6, 6.07) is 0. The maximum absolute atomic E-state index is 10.5. The van der Waals surface area contributed by atoms with Gasteiger partial charge in [0, 0.05) is 10.7 Å². The molecule has 0 bridgehead atoms. The smallest absolute Gasteiger partial charge is 0.224 e. The maximum Gasteiger partial charge on any atom is 0.296 e. The minimum absolute atomic E-state index is 0.258. The van der Waals surface area contributed by atoms with Crippen LogP contribution >= 0.6 is 22.3 Å². The van der Waals surface area contributed by atoms with E-state index in [0.717, 1.165) is 12.4 Å². The molecular formula is C4H2Cl2N2O2S. The molecule has 0 unspecified atom stereocenters. The Kier molecular flexibility index (Phi) is 2.31. The molecule has 0 amide bonds. The summed E-state index contributed by atoms with van der Waals surface area (Å²) in [5, 5.41) is -0.183. The zero-order valence-electron chi connectivity index (χ0n) is 5.03. The molecule has 0 radical (unpaired) electrons. The standard InChI is InChI=1S/C4H2Cl2N2O2S/c5-3-1-7-4(8-2-3)11(6,9)10/h1-2H. The van der Waals surface area contributed by atoms with Crippen molar-refractivity contribution >= 4 is 31.3 Å². The van der Waals surface area contributed by atoms with E-state index in [4.69, 9.17) is 22.3 Å². The van der Waals surface area contributed by atoms with E-state index >= 15 is 0 Å². The van der Waals surface area contributed by atoms with Crippen molar-refractivity contribution in [3.05, 3.63) is 17.4 Å². The molecule has 0 saturated carbocycles. The Labute approximate surface area is 72.6 Å². The molecule has 11 heavy (non-hydrogen) atoms. The fraction of sp³-hybridized carbons (Fsp3) is 0. The van der Waals surface area contributed by atoms with Gasteiger partial charge in [0.15, 0.2) is 0 Å². The normalized spacial score (nSPS) is 11.5. The second kappa shape index (κ2) is 2.92. The van der Waals surface area contributed by atoms with Crippen LogP contribution in [0.2, 0.25) is 5.02 Å². The second-order valence-electron chi connectivity index (χ2n) is 1.62. The Hall–Kier alpha value is -0.390. The summed E-state index contributed by atoms with van der Waals surface area (Å²) in [7, 11) is 1.09. The van der Waals surface area contributed by atoms with Gasteiger partial charge in [0.25, 0.3) is 14.2 Å². The second-order valence-corrected chi connectivity index (χ2v) is 4.52. The number of halogens is 2. The molecule has 60 valence electrons. The lowest BCUT2D eigenvalue weighted by Crippen LogP contribution is -1.97. The van der Waals surface area contributed by atoms with Gasteiger partial charge < -0.3 is 0 Å². The van der Waals surface area contributed by atoms with Crippen molar-refractivity contribution in [2.75, 3.05) is 0 Å². The lowest BCUT2D eigenvalue weighted by atomic mass is 10.7. The van der Waals surface area contributed by atoms with Crippen LogP contribution in [-0.4, -0.2) is 18.4 Å². The largest absolute Gasteiger partial charge is 0.296 e. The highest BCUT2D eigenvalue weighted by atomic mass is 35.7. The molecule has 0 atom stereocenters. The molecule has 0 aliphatic carbocycles. The average Bonchev–Trinajstić information content (AvgIpc) is 1.86. The van der Waals surface area contributed by atoms with E-state index < -0.39 is 14.2 Å². The molecule has 0 aromatic carbocycles. The summed E-state index contributed by atoms with van der Waals surface area (Å²) in [5.41, 5.74) is 0. The van der Waals surface area contributed by atoms with Crippen LogP contribution in [0.25, 0.3) is 0 Å². The first-order valence-corrected chi connectivity index (χ1v) is 5.11. The van der Waals surface area contributed by atoms with Gasteiger partial charge in [-0.2, -0.15) is 0 Å². The first-order valence-electron chi connectivity index (χ1n) is 2.42. The van der Waals surface area contributed by atoms with E-state index in [-0.39, 0.29) is 5.02 Å². The van der Waals surface area contributed by atoms with Gasteiger partial charge in [-0.25, -0.2) is 18.4 Å². The topological polar surface area (TPSA) is 59.9 Å². The van der Waals surface area contributed by atoms with Crippen LogP contribution in [0.5, 0.6) is 0 Å². The minimum atomic E-state index is -3.83. The third kappa shape index (κ3) is 2.28. The molecular weight excluding hydrogens is 211 g/mol. The third-order valence-corrected chi connectivity index (χ3v) is 2.07. The average molecular weight is 213 g/mol. The monoisotopic (exact) mass is 212 g/mol. The Bertz CT molecular complexity index is 347. The molecule has 1 aromatic rings. The highest BCUT2D eigenvalue weighted by Crippen LogP contribution is 2.10. The highest BCUT2D eigenvalue weighted by molar-refractivity contribution is 8.13. The van der Waals surface area contributed by atoms with E-state index in [1.165, 1.54) is 0 Å². The minimum Gasteiger partial charge on any atom is -0.224 e. The Morgan fingerprint density at radius 1 is 1.27 bits per heavy atom. The molecule has 7 heteroatoms. The molecule has 0 spiro atoms. The van der Waals surface area contributed by atoms with E-state index in [1.54, 1.807) is 0 Å². The summed E-state index contributed by atoms with van der Waals surface area (Å²) in [5.74, 6) is 0. The van der Waals surface area contributed by atoms with Gasteiger partial charge in [0.1, 0.15) is 0 Å². The van der Waals surface area contributed by atoms with Gasteiger partial charge in [-0.05, 0) is 0 Å². The Morgan fingerprint density at radius 2 is 1.73 bits per heavy atom. The zero-order chi connectivity index (χ0) is 8.48. The van der Waals surface area contributed by atoms with Crippen molar-refractivity contribution in [2.24, 2.45) is 0 Å². The van der Waals surface area contributed by atoms with Crippen molar-refractivity contribution in [1.82, 2.24) is 9.97 Å². The van der Waals surface area contributed by atoms with Gasteiger partial charge in [-0.3, -0.25) is 0 Å². The summed E-state index contributed by atoms with van der Waals surface area (Å²) >= 11 is 5.40. The molecule has 0 fully saturated rings. The van der Waals surface area contributed by atoms with Gasteiger partial charge in [-0.15, -0.1) is 0 Å². The van der Waals surface area contributed by atoms with Crippen molar-refractivity contribution in [3.8, 4) is 0 Å². The van der Waals surface area contributed by atoms with Gasteiger partial charge >= 0.3 is 0 Å².